The van der Waals surface area contributed by atoms with Crippen LogP contribution in [0.1, 0.15) is 18.5 Å². The first-order chi connectivity index (χ1) is 10.3. The number of rotatable bonds is 4. The van der Waals surface area contributed by atoms with Crippen molar-refractivity contribution in [3.63, 3.8) is 0 Å². The molecule has 2 heterocycles. The zero-order valence-electron chi connectivity index (χ0n) is 12.8. The molecule has 0 atom stereocenters. The van der Waals surface area contributed by atoms with E-state index in [0.717, 1.165) is 18.9 Å². The van der Waals surface area contributed by atoms with E-state index in [2.05, 4.69) is 9.97 Å². The van der Waals surface area contributed by atoms with E-state index >= 15 is 0 Å². The number of aliphatic hydroxyl groups excluding tert-OH is 1. The average molecular weight is 318 g/mol. The van der Waals surface area contributed by atoms with Gasteiger partial charge in [0.05, 0.1) is 6.61 Å². The number of alkyl halides is 3. The summed E-state index contributed by atoms with van der Waals surface area (Å²) in [6.45, 7) is 1.98. The molecule has 1 aromatic heterocycles. The van der Waals surface area contributed by atoms with Crippen LogP contribution in [0.3, 0.4) is 0 Å². The van der Waals surface area contributed by atoms with Crippen molar-refractivity contribution < 1.29 is 18.3 Å². The minimum absolute atomic E-state index is 0.0800. The van der Waals surface area contributed by atoms with Crippen molar-refractivity contribution in [1.82, 2.24) is 14.9 Å². The number of hydrogen-bond donors (Lipinski definition) is 1. The van der Waals surface area contributed by atoms with Crippen LogP contribution in [0, 0.1) is 5.41 Å². The smallest absolute Gasteiger partial charge is 0.396 e. The molecule has 1 saturated heterocycles. The molecule has 0 aromatic carbocycles. The molecule has 0 radical (unpaired) electrons. The number of piperidine rings is 1. The highest BCUT2D eigenvalue weighted by atomic mass is 19.4. The summed E-state index contributed by atoms with van der Waals surface area (Å²) in [7, 11) is 3.90. The molecular formula is C14H21F3N4O. The lowest BCUT2D eigenvalue weighted by atomic mass is 9.78. The molecule has 2 rings (SSSR count). The SMILES string of the molecule is CN(C)CC1(CO)CCN(c2cc(C(F)(F)F)ncn2)CC1. The summed E-state index contributed by atoms with van der Waals surface area (Å²) in [6.07, 6.45) is -2.08. The van der Waals surface area contributed by atoms with Crippen molar-refractivity contribution in [1.29, 1.82) is 0 Å². The van der Waals surface area contributed by atoms with E-state index in [1.807, 2.05) is 23.9 Å². The molecule has 1 fully saturated rings. The predicted octanol–water partition coefficient (Wildman–Crippen LogP) is 1.64. The number of aromatic nitrogens is 2. The fourth-order valence-corrected chi connectivity index (χ4v) is 2.92. The first kappa shape index (κ1) is 17.0. The van der Waals surface area contributed by atoms with E-state index < -0.39 is 11.9 Å². The van der Waals surface area contributed by atoms with Gasteiger partial charge in [0.2, 0.25) is 0 Å². The lowest BCUT2D eigenvalue weighted by Gasteiger charge is -2.42. The lowest BCUT2D eigenvalue weighted by Crippen LogP contribution is -2.47. The van der Waals surface area contributed by atoms with Crippen LogP contribution in [0.2, 0.25) is 0 Å². The van der Waals surface area contributed by atoms with Crippen LogP contribution in [0.25, 0.3) is 0 Å². The zero-order valence-corrected chi connectivity index (χ0v) is 12.8. The Morgan fingerprint density at radius 3 is 2.41 bits per heavy atom. The zero-order chi connectivity index (χ0) is 16.4. The molecule has 0 amide bonds. The number of anilines is 1. The van der Waals surface area contributed by atoms with E-state index in [4.69, 9.17) is 0 Å². The van der Waals surface area contributed by atoms with Gasteiger partial charge in [-0.25, -0.2) is 9.97 Å². The molecule has 1 aromatic rings. The van der Waals surface area contributed by atoms with Crippen molar-refractivity contribution in [2.24, 2.45) is 5.41 Å². The van der Waals surface area contributed by atoms with E-state index in [-0.39, 0.29) is 12.0 Å². The Morgan fingerprint density at radius 2 is 1.91 bits per heavy atom. The monoisotopic (exact) mass is 318 g/mol. The summed E-state index contributed by atoms with van der Waals surface area (Å²) >= 11 is 0. The normalized spacial score (nSPS) is 18.8. The Hall–Kier alpha value is -1.41. The van der Waals surface area contributed by atoms with Gasteiger partial charge >= 0.3 is 6.18 Å². The van der Waals surface area contributed by atoms with E-state index in [1.165, 1.54) is 0 Å². The Morgan fingerprint density at radius 1 is 1.27 bits per heavy atom. The third-order valence-electron chi connectivity index (χ3n) is 4.08. The summed E-state index contributed by atoms with van der Waals surface area (Å²) in [6, 6.07) is 0.984. The Bertz CT molecular complexity index is 499. The first-order valence-corrected chi connectivity index (χ1v) is 7.16. The van der Waals surface area contributed by atoms with Crippen LogP contribution < -0.4 is 4.90 Å². The maximum absolute atomic E-state index is 12.7. The van der Waals surface area contributed by atoms with Crippen LogP contribution in [0.15, 0.2) is 12.4 Å². The molecule has 0 aliphatic carbocycles. The molecule has 0 saturated carbocycles. The van der Waals surface area contributed by atoms with E-state index in [9.17, 15) is 18.3 Å². The second-order valence-corrected chi connectivity index (χ2v) is 6.14. The van der Waals surface area contributed by atoms with Gasteiger partial charge in [-0.15, -0.1) is 0 Å². The molecule has 0 unspecified atom stereocenters. The van der Waals surface area contributed by atoms with Crippen LogP contribution in [0.5, 0.6) is 0 Å². The van der Waals surface area contributed by atoms with Gasteiger partial charge in [-0.1, -0.05) is 0 Å². The van der Waals surface area contributed by atoms with Crippen molar-refractivity contribution in [3.05, 3.63) is 18.1 Å². The third kappa shape index (κ3) is 3.86. The highest BCUT2D eigenvalue weighted by Gasteiger charge is 2.36. The molecule has 124 valence electrons. The van der Waals surface area contributed by atoms with Crippen molar-refractivity contribution >= 4 is 5.82 Å². The number of halogens is 3. The molecule has 5 nitrogen and oxygen atoms in total. The van der Waals surface area contributed by atoms with Gasteiger partial charge in [-0.05, 0) is 26.9 Å². The second kappa shape index (κ2) is 6.37. The van der Waals surface area contributed by atoms with Crippen LogP contribution in [-0.2, 0) is 6.18 Å². The Labute approximate surface area is 127 Å². The largest absolute Gasteiger partial charge is 0.433 e. The molecule has 1 N–H and O–H groups in total. The van der Waals surface area contributed by atoms with Gasteiger partial charge in [-0.2, -0.15) is 13.2 Å². The van der Waals surface area contributed by atoms with E-state index in [1.54, 1.807) is 0 Å². The number of nitrogens with zero attached hydrogens (tertiary/aromatic N) is 4. The summed E-state index contributed by atoms with van der Waals surface area (Å²) in [5, 5.41) is 9.68. The average Bonchev–Trinajstić information content (AvgIpc) is 2.46. The highest BCUT2D eigenvalue weighted by Crippen LogP contribution is 2.34. The van der Waals surface area contributed by atoms with Crippen molar-refractivity contribution in [2.75, 3.05) is 45.2 Å². The summed E-state index contributed by atoms with van der Waals surface area (Å²) in [5.41, 5.74) is -1.12. The minimum Gasteiger partial charge on any atom is -0.396 e. The van der Waals surface area contributed by atoms with Gasteiger partial charge in [0.1, 0.15) is 17.8 Å². The fourth-order valence-electron chi connectivity index (χ4n) is 2.92. The van der Waals surface area contributed by atoms with Gasteiger partial charge in [0.15, 0.2) is 0 Å². The quantitative estimate of drug-likeness (QED) is 0.914. The van der Waals surface area contributed by atoms with Crippen LogP contribution in [0.4, 0.5) is 19.0 Å². The lowest BCUT2D eigenvalue weighted by molar-refractivity contribution is -0.141. The van der Waals surface area contributed by atoms with Crippen LogP contribution >= 0.6 is 0 Å². The summed E-state index contributed by atoms with van der Waals surface area (Å²) in [5.74, 6) is 0.290. The maximum atomic E-state index is 12.7. The molecular weight excluding hydrogens is 297 g/mol. The molecule has 0 spiro atoms. The summed E-state index contributed by atoms with van der Waals surface area (Å²) in [4.78, 5) is 11.1. The molecule has 22 heavy (non-hydrogen) atoms. The molecule has 8 heteroatoms. The Balaban J connectivity index is 2.08. The predicted molar refractivity (Wildman–Crippen MR) is 76.6 cm³/mol. The van der Waals surface area contributed by atoms with Gasteiger partial charge in [0, 0.05) is 31.1 Å². The summed E-state index contributed by atoms with van der Waals surface area (Å²) < 4.78 is 38.1. The van der Waals surface area contributed by atoms with Crippen LogP contribution in [-0.4, -0.2) is 60.3 Å². The maximum Gasteiger partial charge on any atom is 0.433 e. The number of hydrogen-bond acceptors (Lipinski definition) is 5. The molecule has 1 aliphatic heterocycles. The molecule has 1 aliphatic rings. The standard InChI is InChI=1S/C14H21F3N4O/c1-20(2)8-13(9-22)3-5-21(6-4-13)12-7-11(14(15,16)17)18-10-19-12/h7,10,22H,3-6,8-9H2,1-2H3. The van der Waals surface area contributed by atoms with Crippen molar-refractivity contribution in [2.45, 2.75) is 19.0 Å². The fraction of sp³-hybridized carbons (Fsp3) is 0.714. The third-order valence-corrected chi connectivity index (χ3v) is 4.08. The second-order valence-electron chi connectivity index (χ2n) is 6.14. The van der Waals surface area contributed by atoms with Crippen molar-refractivity contribution in [3.8, 4) is 0 Å². The van der Waals surface area contributed by atoms with Gasteiger partial charge in [-0.3, -0.25) is 0 Å². The number of aliphatic hydroxyl groups is 1. The Kier molecular flexibility index (Phi) is 4.91. The van der Waals surface area contributed by atoms with Gasteiger partial charge in [0.25, 0.3) is 0 Å². The highest BCUT2D eigenvalue weighted by molar-refractivity contribution is 5.40. The van der Waals surface area contributed by atoms with E-state index in [0.29, 0.717) is 31.7 Å². The first-order valence-electron chi connectivity index (χ1n) is 7.16. The minimum atomic E-state index is -4.47. The van der Waals surface area contributed by atoms with Gasteiger partial charge < -0.3 is 14.9 Å². The molecule has 0 bridgehead atoms. The topological polar surface area (TPSA) is 52.5 Å².